The van der Waals surface area contributed by atoms with Crippen molar-refractivity contribution in [2.24, 2.45) is 5.92 Å². The molecule has 0 bridgehead atoms. The molecule has 1 unspecified atom stereocenters. The molecule has 1 N–H and O–H groups in total. The molecule has 0 radical (unpaired) electrons. The third-order valence-corrected chi connectivity index (χ3v) is 2.33. The molecule has 0 aromatic heterocycles. The van der Waals surface area contributed by atoms with Crippen molar-refractivity contribution in [3.05, 3.63) is 0 Å². The first-order valence-corrected chi connectivity index (χ1v) is 5.59. The Kier molecular flexibility index (Phi) is 8.46. The minimum Gasteiger partial charge on any atom is -0.316 e. The van der Waals surface area contributed by atoms with E-state index >= 15 is 0 Å². The monoisotopic (exact) mass is 186 g/mol. The molecule has 80 valence electrons. The van der Waals surface area contributed by atoms with E-state index in [9.17, 15) is 0 Å². The molecule has 2 heteroatoms. The van der Waals surface area contributed by atoms with Gasteiger partial charge < -0.3 is 10.2 Å². The van der Waals surface area contributed by atoms with Gasteiger partial charge in [0.25, 0.3) is 0 Å². The predicted octanol–water partition coefficient (Wildman–Crippen LogP) is 1.96. The molecular formula is C11H26N2. The summed E-state index contributed by atoms with van der Waals surface area (Å²) < 4.78 is 0. The van der Waals surface area contributed by atoms with E-state index < -0.39 is 0 Å². The lowest BCUT2D eigenvalue weighted by atomic mass is 10.1. The predicted molar refractivity (Wildman–Crippen MR) is 60.1 cm³/mol. The van der Waals surface area contributed by atoms with Crippen molar-refractivity contribution in [3.8, 4) is 0 Å². The normalized spacial score (nSPS) is 13.6. The van der Waals surface area contributed by atoms with Crippen LogP contribution < -0.4 is 5.32 Å². The van der Waals surface area contributed by atoms with Crippen LogP contribution in [0.25, 0.3) is 0 Å². The molecule has 0 rings (SSSR count). The van der Waals surface area contributed by atoms with E-state index in [0.717, 1.165) is 19.0 Å². The Labute approximate surface area is 83.7 Å². The zero-order valence-corrected chi connectivity index (χ0v) is 9.77. The van der Waals surface area contributed by atoms with Crippen LogP contribution in [0.15, 0.2) is 0 Å². The Balaban J connectivity index is 3.32. The van der Waals surface area contributed by atoms with Gasteiger partial charge >= 0.3 is 0 Å². The fourth-order valence-corrected chi connectivity index (χ4v) is 1.65. The van der Waals surface area contributed by atoms with E-state index in [-0.39, 0.29) is 0 Å². The molecular weight excluding hydrogens is 160 g/mol. The summed E-state index contributed by atoms with van der Waals surface area (Å²) in [4.78, 5) is 2.42. The SMILES string of the molecule is CCCC(C)CN(C)CCNCC. The first-order chi connectivity index (χ1) is 6.20. The number of nitrogens with zero attached hydrogens (tertiary/aromatic N) is 1. The minimum absolute atomic E-state index is 0.844. The topological polar surface area (TPSA) is 15.3 Å². The average molecular weight is 186 g/mol. The molecule has 1 atom stereocenters. The zero-order valence-electron chi connectivity index (χ0n) is 9.77. The van der Waals surface area contributed by atoms with Crippen molar-refractivity contribution in [2.45, 2.75) is 33.6 Å². The molecule has 0 aromatic rings. The molecule has 0 aliphatic heterocycles. The van der Waals surface area contributed by atoms with Crippen molar-refractivity contribution < 1.29 is 0 Å². The molecule has 0 aromatic carbocycles. The van der Waals surface area contributed by atoms with Crippen molar-refractivity contribution in [2.75, 3.05) is 33.2 Å². The van der Waals surface area contributed by atoms with Gasteiger partial charge in [-0.3, -0.25) is 0 Å². The molecule has 0 saturated carbocycles. The molecule has 2 nitrogen and oxygen atoms in total. The van der Waals surface area contributed by atoms with Gasteiger partial charge in [-0.05, 0) is 25.9 Å². The minimum atomic E-state index is 0.844. The molecule has 0 aliphatic rings. The van der Waals surface area contributed by atoms with Crippen molar-refractivity contribution >= 4 is 0 Å². The number of hydrogen-bond donors (Lipinski definition) is 1. The quantitative estimate of drug-likeness (QED) is 0.583. The Hall–Kier alpha value is -0.0800. The van der Waals surface area contributed by atoms with Gasteiger partial charge in [-0.25, -0.2) is 0 Å². The van der Waals surface area contributed by atoms with Crippen LogP contribution in [0.2, 0.25) is 0 Å². The van der Waals surface area contributed by atoms with E-state index in [1.165, 1.54) is 25.9 Å². The van der Waals surface area contributed by atoms with Gasteiger partial charge in [0, 0.05) is 19.6 Å². The fraction of sp³-hybridized carbons (Fsp3) is 1.00. The average Bonchev–Trinajstić information content (AvgIpc) is 2.05. The maximum absolute atomic E-state index is 3.34. The van der Waals surface area contributed by atoms with Gasteiger partial charge in [-0.1, -0.05) is 27.2 Å². The van der Waals surface area contributed by atoms with Crippen LogP contribution in [0.4, 0.5) is 0 Å². The third-order valence-electron chi connectivity index (χ3n) is 2.33. The van der Waals surface area contributed by atoms with E-state index in [0.29, 0.717) is 0 Å². The van der Waals surface area contributed by atoms with E-state index in [1.807, 2.05) is 0 Å². The zero-order chi connectivity index (χ0) is 10.1. The van der Waals surface area contributed by atoms with Crippen LogP contribution in [-0.2, 0) is 0 Å². The third kappa shape index (κ3) is 8.26. The van der Waals surface area contributed by atoms with E-state index in [2.05, 4.69) is 38.0 Å². The van der Waals surface area contributed by atoms with Crippen LogP contribution in [0.3, 0.4) is 0 Å². The molecule has 0 spiro atoms. The lowest BCUT2D eigenvalue weighted by Gasteiger charge is -2.20. The van der Waals surface area contributed by atoms with Crippen LogP contribution in [-0.4, -0.2) is 38.1 Å². The van der Waals surface area contributed by atoms with Gasteiger partial charge in [0.1, 0.15) is 0 Å². The summed E-state index contributed by atoms with van der Waals surface area (Å²) in [7, 11) is 2.21. The largest absolute Gasteiger partial charge is 0.316 e. The lowest BCUT2D eigenvalue weighted by Crippen LogP contribution is -2.32. The number of nitrogens with one attached hydrogen (secondary N) is 1. The molecule has 0 fully saturated rings. The number of rotatable bonds is 8. The van der Waals surface area contributed by atoms with Gasteiger partial charge in [-0.2, -0.15) is 0 Å². The van der Waals surface area contributed by atoms with Crippen molar-refractivity contribution in [1.82, 2.24) is 10.2 Å². The second kappa shape index (κ2) is 8.52. The summed E-state index contributed by atoms with van der Waals surface area (Å²) in [6.07, 6.45) is 2.66. The van der Waals surface area contributed by atoms with Gasteiger partial charge in [-0.15, -0.1) is 0 Å². The van der Waals surface area contributed by atoms with E-state index in [4.69, 9.17) is 0 Å². The van der Waals surface area contributed by atoms with Gasteiger partial charge in [0.15, 0.2) is 0 Å². The Morgan fingerprint density at radius 3 is 2.54 bits per heavy atom. The highest BCUT2D eigenvalue weighted by atomic mass is 15.1. The van der Waals surface area contributed by atoms with Crippen LogP contribution in [0, 0.1) is 5.92 Å². The van der Waals surface area contributed by atoms with Crippen molar-refractivity contribution in [3.63, 3.8) is 0 Å². The maximum Gasteiger partial charge on any atom is 0.0104 e. The van der Waals surface area contributed by atoms with Crippen molar-refractivity contribution in [1.29, 1.82) is 0 Å². The lowest BCUT2D eigenvalue weighted by molar-refractivity contribution is 0.277. The number of hydrogen-bond acceptors (Lipinski definition) is 2. The second-order valence-electron chi connectivity index (χ2n) is 4.01. The van der Waals surface area contributed by atoms with Gasteiger partial charge in [0.2, 0.25) is 0 Å². The summed E-state index contributed by atoms with van der Waals surface area (Å²) in [5.41, 5.74) is 0. The first kappa shape index (κ1) is 12.9. The highest BCUT2D eigenvalue weighted by Gasteiger charge is 2.04. The highest BCUT2D eigenvalue weighted by molar-refractivity contribution is 4.59. The van der Waals surface area contributed by atoms with Gasteiger partial charge in [0.05, 0.1) is 0 Å². The fourth-order valence-electron chi connectivity index (χ4n) is 1.65. The summed E-state index contributed by atoms with van der Waals surface area (Å²) in [6, 6.07) is 0. The first-order valence-electron chi connectivity index (χ1n) is 5.59. The summed E-state index contributed by atoms with van der Waals surface area (Å²) in [5.74, 6) is 0.844. The molecule has 0 amide bonds. The second-order valence-corrected chi connectivity index (χ2v) is 4.01. The standard InChI is InChI=1S/C11H26N2/c1-5-7-11(3)10-13(4)9-8-12-6-2/h11-12H,5-10H2,1-4H3. The Morgan fingerprint density at radius 1 is 1.31 bits per heavy atom. The number of likely N-dealkylation sites (N-methyl/N-ethyl adjacent to an activating group) is 2. The van der Waals surface area contributed by atoms with Crippen LogP contribution in [0.1, 0.15) is 33.6 Å². The molecule has 0 saturated heterocycles. The van der Waals surface area contributed by atoms with E-state index in [1.54, 1.807) is 0 Å². The molecule has 0 aliphatic carbocycles. The van der Waals surface area contributed by atoms with Crippen LogP contribution >= 0.6 is 0 Å². The Bertz CT molecular complexity index is 104. The molecule has 0 heterocycles. The molecule has 13 heavy (non-hydrogen) atoms. The smallest absolute Gasteiger partial charge is 0.0104 e. The highest BCUT2D eigenvalue weighted by Crippen LogP contribution is 2.05. The summed E-state index contributed by atoms with van der Waals surface area (Å²) in [6.45, 7) is 11.4. The summed E-state index contributed by atoms with van der Waals surface area (Å²) in [5, 5.41) is 3.34. The van der Waals surface area contributed by atoms with Crippen LogP contribution in [0.5, 0.6) is 0 Å². The summed E-state index contributed by atoms with van der Waals surface area (Å²) >= 11 is 0. The maximum atomic E-state index is 3.34. The Morgan fingerprint density at radius 2 is 2.00 bits per heavy atom.